The Balaban J connectivity index is 1.51. The number of amides is 2. The lowest BCUT2D eigenvalue weighted by Gasteiger charge is -2.40. The molecule has 0 bridgehead atoms. The molecule has 2 unspecified atom stereocenters. The molecule has 0 aliphatic carbocycles. The Morgan fingerprint density at radius 3 is 2.76 bits per heavy atom. The van der Waals surface area contributed by atoms with Crippen LogP contribution in [0.3, 0.4) is 0 Å². The molecule has 1 aliphatic heterocycles. The van der Waals surface area contributed by atoms with Crippen molar-refractivity contribution in [2.75, 3.05) is 10.6 Å². The van der Waals surface area contributed by atoms with Crippen molar-refractivity contribution in [1.82, 2.24) is 19.9 Å². The van der Waals surface area contributed by atoms with E-state index in [0.29, 0.717) is 23.3 Å². The zero-order valence-corrected chi connectivity index (χ0v) is 17.8. The standard InChI is InChI=1S/C24H21FN6O2/c1-14(28-23(32)20-21(26)29-30-12-6-11-27-22(20)30)18-13-15-7-5-10-17(25)19(15)24(33)31(18)16-8-3-2-4-9-16/h2-12,14,18H,13H2,1H3,(H2,26,29)(H,28,32). The SMILES string of the molecule is CC(NC(=O)c1c(N)nn2cccnc12)C1Cc2cccc(F)c2C(=O)N1c1ccccc1. The normalized spacial score (nSPS) is 16.5. The Hall–Kier alpha value is -4.27. The van der Waals surface area contributed by atoms with E-state index < -0.39 is 29.7 Å². The summed E-state index contributed by atoms with van der Waals surface area (Å²) < 4.78 is 16.0. The predicted octanol–water partition coefficient (Wildman–Crippen LogP) is 2.84. The molecule has 0 fully saturated rings. The van der Waals surface area contributed by atoms with E-state index in [1.54, 1.807) is 47.6 Å². The molecule has 5 rings (SSSR count). The second kappa shape index (κ2) is 8.01. The average molecular weight is 444 g/mol. The highest BCUT2D eigenvalue weighted by Crippen LogP contribution is 2.31. The van der Waals surface area contributed by atoms with Crippen molar-refractivity contribution in [1.29, 1.82) is 0 Å². The van der Waals surface area contributed by atoms with Crippen molar-refractivity contribution in [2.45, 2.75) is 25.4 Å². The van der Waals surface area contributed by atoms with Gasteiger partial charge in [-0.3, -0.25) is 9.59 Å². The average Bonchev–Trinajstić information content (AvgIpc) is 3.15. The number of rotatable bonds is 4. The molecule has 4 aromatic rings. The van der Waals surface area contributed by atoms with Crippen LogP contribution in [0.25, 0.3) is 5.65 Å². The van der Waals surface area contributed by atoms with Gasteiger partial charge in [0.2, 0.25) is 0 Å². The topological polar surface area (TPSA) is 106 Å². The maximum Gasteiger partial charge on any atom is 0.261 e. The highest BCUT2D eigenvalue weighted by Gasteiger charge is 2.38. The first-order valence-corrected chi connectivity index (χ1v) is 10.5. The van der Waals surface area contributed by atoms with E-state index in [-0.39, 0.29) is 16.9 Å². The second-order valence-electron chi connectivity index (χ2n) is 7.97. The van der Waals surface area contributed by atoms with Crippen molar-refractivity contribution in [3.05, 3.63) is 89.5 Å². The molecule has 1 aliphatic rings. The molecule has 0 saturated carbocycles. The maximum atomic E-state index is 14.6. The molecule has 33 heavy (non-hydrogen) atoms. The van der Waals surface area contributed by atoms with Gasteiger partial charge in [-0.2, -0.15) is 0 Å². The van der Waals surface area contributed by atoms with E-state index >= 15 is 0 Å². The number of benzene rings is 2. The first-order valence-electron chi connectivity index (χ1n) is 10.5. The van der Waals surface area contributed by atoms with Gasteiger partial charge < -0.3 is 16.0 Å². The summed E-state index contributed by atoms with van der Waals surface area (Å²) in [6.07, 6.45) is 3.58. The minimum atomic E-state index is -0.557. The Morgan fingerprint density at radius 1 is 1.18 bits per heavy atom. The Bertz CT molecular complexity index is 1370. The molecule has 8 nitrogen and oxygen atoms in total. The van der Waals surface area contributed by atoms with Crippen LogP contribution < -0.4 is 16.0 Å². The van der Waals surface area contributed by atoms with Gasteiger partial charge in [0.15, 0.2) is 11.5 Å². The number of nitrogens with two attached hydrogens (primary N) is 1. The number of anilines is 2. The highest BCUT2D eigenvalue weighted by molar-refractivity contribution is 6.09. The molecule has 2 amide bonds. The summed E-state index contributed by atoms with van der Waals surface area (Å²) >= 11 is 0. The van der Waals surface area contributed by atoms with Gasteiger partial charge in [0.1, 0.15) is 11.4 Å². The molecule has 0 radical (unpaired) electrons. The Morgan fingerprint density at radius 2 is 1.97 bits per heavy atom. The Kier molecular flexibility index (Phi) is 5.01. The van der Waals surface area contributed by atoms with E-state index in [1.807, 2.05) is 25.1 Å². The lowest BCUT2D eigenvalue weighted by atomic mass is 9.89. The first-order chi connectivity index (χ1) is 16.0. The molecule has 166 valence electrons. The summed E-state index contributed by atoms with van der Waals surface area (Å²) in [6, 6.07) is 14.4. The number of hydrogen-bond donors (Lipinski definition) is 2. The summed E-state index contributed by atoms with van der Waals surface area (Å²) in [5.41, 5.74) is 7.79. The van der Waals surface area contributed by atoms with E-state index in [9.17, 15) is 14.0 Å². The van der Waals surface area contributed by atoms with Gasteiger partial charge in [0.25, 0.3) is 11.8 Å². The smallest absolute Gasteiger partial charge is 0.261 e. The van der Waals surface area contributed by atoms with Gasteiger partial charge in [-0.1, -0.05) is 30.3 Å². The third-order valence-electron chi connectivity index (χ3n) is 5.91. The number of fused-ring (bicyclic) bond motifs is 2. The van der Waals surface area contributed by atoms with Crippen molar-refractivity contribution in [3.63, 3.8) is 0 Å². The monoisotopic (exact) mass is 444 g/mol. The molecule has 9 heteroatoms. The lowest BCUT2D eigenvalue weighted by Crippen LogP contribution is -2.56. The maximum absolute atomic E-state index is 14.6. The Labute approximate surface area is 188 Å². The highest BCUT2D eigenvalue weighted by atomic mass is 19.1. The fourth-order valence-electron chi connectivity index (χ4n) is 4.36. The van der Waals surface area contributed by atoms with Crippen LogP contribution in [-0.4, -0.2) is 38.5 Å². The molecule has 2 aromatic heterocycles. The van der Waals surface area contributed by atoms with Crippen molar-refractivity contribution in [3.8, 4) is 0 Å². The van der Waals surface area contributed by atoms with Gasteiger partial charge in [-0.05, 0) is 43.2 Å². The summed E-state index contributed by atoms with van der Waals surface area (Å²) in [7, 11) is 0. The third kappa shape index (κ3) is 3.47. The van der Waals surface area contributed by atoms with Crippen LogP contribution in [0.5, 0.6) is 0 Å². The quantitative estimate of drug-likeness (QED) is 0.504. The summed E-state index contributed by atoms with van der Waals surface area (Å²) in [5.74, 6) is -1.38. The van der Waals surface area contributed by atoms with E-state index in [0.717, 1.165) is 0 Å². The number of para-hydroxylation sites is 1. The zero-order chi connectivity index (χ0) is 23.1. The zero-order valence-electron chi connectivity index (χ0n) is 17.8. The van der Waals surface area contributed by atoms with Crippen molar-refractivity contribution >= 4 is 29.0 Å². The molecular formula is C24H21FN6O2. The first kappa shape index (κ1) is 20.6. The number of nitrogens with one attached hydrogen (secondary N) is 1. The molecule has 0 saturated heterocycles. The van der Waals surface area contributed by atoms with Gasteiger partial charge in [-0.15, -0.1) is 5.10 Å². The molecule has 3 heterocycles. The molecular weight excluding hydrogens is 423 g/mol. The van der Waals surface area contributed by atoms with Crippen LogP contribution in [-0.2, 0) is 6.42 Å². The van der Waals surface area contributed by atoms with Crippen molar-refractivity contribution in [2.24, 2.45) is 0 Å². The van der Waals surface area contributed by atoms with Crippen LogP contribution in [0.15, 0.2) is 67.0 Å². The number of nitrogens with zero attached hydrogens (tertiary/aromatic N) is 4. The van der Waals surface area contributed by atoms with Gasteiger partial charge in [0, 0.05) is 24.1 Å². The van der Waals surface area contributed by atoms with Crippen molar-refractivity contribution < 1.29 is 14.0 Å². The molecule has 0 spiro atoms. The fourth-order valence-corrected chi connectivity index (χ4v) is 4.36. The van der Waals surface area contributed by atoms with E-state index in [4.69, 9.17) is 5.73 Å². The lowest BCUT2D eigenvalue weighted by molar-refractivity contribution is 0.0906. The number of nitrogen functional groups attached to an aromatic ring is 1. The number of carbonyl (C=O) groups is 2. The van der Waals surface area contributed by atoms with E-state index in [2.05, 4.69) is 15.4 Å². The van der Waals surface area contributed by atoms with Crippen LogP contribution in [0.1, 0.15) is 33.2 Å². The summed E-state index contributed by atoms with van der Waals surface area (Å²) in [4.78, 5) is 32.4. The van der Waals surface area contributed by atoms with Crippen LogP contribution in [0.4, 0.5) is 15.9 Å². The van der Waals surface area contributed by atoms with Crippen LogP contribution in [0, 0.1) is 5.82 Å². The molecule has 2 atom stereocenters. The second-order valence-corrected chi connectivity index (χ2v) is 7.97. The third-order valence-corrected chi connectivity index (χ3v) is 5.91. The molecule has 3 N–H and O–H groups in total. The largest absolute Gasteiger partial charge is 0.381 e. The molecule has 2 aromatic carbocycles. The van der Waals surface area contributed by atoms with Crippen LogP contribution >= 0.6 is 0 Å². The minimum Gasteiger partial charge on any atom is -0.381 e. The fraction of sp³-hybridized carbons (Fsp3) is 0.167. The minimum absolute atomic E-state index is 0.0606. The van der Waals surface area contributed by atoms with Gasteiger partial charge >= 0.3 is 0 Å². The summed E-state index contributed by atoms with van der Waals surface area (Å²) in [5, 5.41) is 7.08. The van der Waals surface area contributed by atoms with E-state index in [1.165, 1.54) is 10.6 Å². The number of carbonyl (C=O) groups excluding carboxylic acids is 2. The van der Waals surface area contributed by atoms with Gasteiger partial charge in [0.05, 0.1) is 11.6 Å². The van der Waals surface area contributed by atoms with Crippen LogP contribution in [0.2, 0.25) is 0 Å². The number of hydrogen-bond acceptors (Lipinski definition) is 5. The number of halogens is 1. The predicted molar refractivity (Wildman–Crippen MR) is 121 cm³/mol. The summed E-state index contributed by atoms with van der Waals surface area (Å²) in [6.45, 7) is 1.81. The number of aromatic nitrogens is 3. The van der Waals surface area contributed by atoms with Gasteiger partial charge in [-0.25, -0.2) is 13.9 Å².